The number of hydrogen-bond donors (Lipinski definition) is 1. The highest BCUT2D eigenvalue weighted by Gasteiger charge is 2.27. The molecule has 1 N–H and O–H groups in total. The van der Waals surface area contributed by atoms with Gasteiger partial charge in [0.05, 0.1) is 10.4 Å². The van der Waals surface area contributed by atoms with Crippen molar-refractivity contribution in [2.75, 3.05) is 31.1 Å². The normalized spacial score (nSPS) is 16.0. The van der Waals surface area contributed by atoms with Gasteiger partial charge >= 0.3 is 5.69 Å². The van der Waals surface area contributed by atoms with Gasteiger partial charge in [-0.05, 0) is 37.9 Å². The first kappa shape index (κ1) is 15.7. The number of piperidine rings is 1. The van der Waals surface area contributed by atoms with E-state index in [2.05, 4.69) is 22.1 Å². The number of nitrogens with one attached hydrogen (secondary N) is 1. The van der Waals surface area contributed by atoms with Gasteiger partial charge in [0.15, 0.2) is 0 Å². The van der Waals surface area contributed by atoms with Crippen molar-refractivity contribution in [3.05, 3.63) is 40.6 Å². The molecule has 0 atom stereocenters. The molecule has 6 nitrogen and oxygen atoms in total. The number of nitrogens with zero attached hydrogens (tertiary/aromatic N) is 3. The molecule has 0 bridgehead atoms. The quantitative estimate of drug-likeness (QED) is 0.678. The molecule has 0 spiro atoms. The summed E-state index contributed by atoms with van der Waals surface area (Å²) in [6.45, 7) is 5.83. The fourth-order valence-corrected chi connectivity index (χ4v) is 3.29. The zero-order chi connectivity index (χ0) is 16.2. The van der Waals surface area contributed by atoms with Crippen LogP contribution in [0.5, 0.6) is 0 Å². The summed E-state index contributed by atoms with van der Waals surface area (Å²) < 4.78 is 0. The Hall–Kier alpha value is -2.21. The van der Waals surface area contributed by atoms with Gasteiger partial charge in [-0.3, -0.25) is 10.1 Å². The predicted molar refractivity (Wildman–Crippen MR) is 91.9 cm³/mol. The molecule has 2 heterocycles. The number of benzene rings is 1. The third-order valence-corrected chi connectivity index (χ3v) is 4.54. The second kappa shape index (κ2) is 6.91. The van der Waals surface area contributed by atoms with Gasteiger partial charge in [-0.2, -0.15) is 0 Å². The molecular formula is C17H22N4O2. The molecule has 0 aliphatic carbocycles. The summed E-state index contributed by atoms with van der Waals surface area (Å²) >= 11 is 0. The number of aromatic nitrogens is 1. The largest absolute Gasteiger partial charge is 0.365 e. The molecule has 0 radical (unpaired) electrons. The van der Waals surface area contributed by atoms with Gasteiger partial charge in [0.1, 0.15) is 11.9 Å². The maximum absolute atomic E-state index is 11.4. The highest BCUT2D eigenvalue weighted by Crippen LogP contribution is 2.36. The van der Waals surface area contributed by atoms with Gasteiger partial charge in [0.2, 0.25) is 0 Å². The third-order valence-electron chi connectivity index (χ3n) is 4.54. The van der Waals surface area contributed by atoms with Crippen molar-refractivity contribution >= 4 is 22.3 Å². The van der Waals surface area contributed by atoms with Gasteiger partial charge in [-0.25, -0.2) is 4.98 Å². The zero-order valence-electron chi connectivity index (χ0n) is 13.4. The van der Waals surface area contributed by atoms with Crippen LogP contribution in [0, 0.1) is 16.0 Å². The smallest absolute Gasteiger partial charge is 0.311 e. The number of fused-ring (bicyclic) bond motifs is 1. The lowest BCUT2D eigenvalue weighted by Crippen LogP contribution is -2.37. The minimum absolute atomic E-state index is 0.105. The minimum Gasteiger partial charge on any atom is -0.365 e. The highest BCUT2D eigenvalue weighted by molar-refractivity contribution is 5.96. The van der Waals surface area contributed by atoms with Crippen LogP contribution < -0.4 is 10.2 Å². The first-order valence-electron chi connectivity index (χ1n) is 8.18. The monoisotopic (exact) mass is 314 g/mol. The maximum Gasteiger partial charge on any atom is 0.311 e. The van der Waals surface area contributed by atoms with Crippen LogP contribution in [0.25, 0.3) is 10.9 Å². The molecule has 1 aliphatic rings. The molecule has 1 aromatic carbocycles. The van der Waals surface area contributed by atoms with E-state index >= 15 is 0 Å². The van der Waals surface area contributed by atoms with Gasteiger partial charge in [0, 0.05) is 18.5 Å². The van der Waals surface area contributed by atoms with Crippen LogP contribution in [0.3, 0.4) is 0 Å². The van der Waals surface area contributed by atoms with E-state index in [9.17, 15) is 10.1 Å². The summed E-state index contributed by atoms with van der Waals surface area (Å²) in [5.74, 6) is 0.651. The molecule has 122 valence electrons. The number of para-hydroxylation sites is 1. The van der Waals surface area contributed by atoms with Crippen LogP contribution in [0.4, 0.5) is 11.4 Å². The maximum atomic E-state index is 11.4. The molecule has 1 saturated heterocycles. The summed E-state index contributed by atoms with van der Waals surface area (Å²) in [6.07, 6.45) is 3.50. The first-order chi connectivity index (χ1) is 11.2. The zero-order valence-corrected chi connectivity index (χ0v) is 13.4. The van der Waals surface area contributed by atoms with Crippen molar-refractivity contribution in [3.63, 3.8) is 0 Å². The number of hydrogen-bond acceptors (Lipinski definition) is 5. The average molecular weight is 314 g/mol. The Bertz CT molecular complexity index is 696. The van der Waals surface area contributed by atoms with Crippen LogP contribution in [0.15, 0.2) is 30.5 Å². The van der Waals surface area contributed by atoms with Crippen LogP contribution >= 0.6 is 0 Å². The average Bonchev–Trinajstić information content (AvgIpc) is 2.59. The summed E-state index contributed by atoms with van der Waals surface area (Å²) in [5, 5.41) is 15.7. The third kappa shape index (κ3) is 3.27. The number of nitro groups is 1. The second-order valence-electron chi connectivity index (χ2n) is 6.00. The second-order valence-corrected chi connectivity index (χ2v) is 6.00. The van der Waals surface area contributed by atoms with E-state index in [1.807, 2.05) is 24.3 Å². The number of anilines is 1. The van der Waals surface area contributed by atoms with E-state index in [0.717, 1.165) is 55.6 Å². The predicted octanol–water partition coefficient (Wildman–Crippen LogP) is 2.97. The molecule has 6 heteroatoms. The lowest BCUT2D eigenvalue weighted by Gasteiger charge is -2.33. The van der Waals surface area contributed by atoms with Gasteiger partial charge < -0.3 is 10.2 Å². The van der Waals surface area contributed by atoms with E-state index in [-0.39, 0.29) is 10.6 Å². The van der Waals surface area contributed by atoms with Crippen LogP contribution in [0.2, 0.25) is 0 Å². The molecule has 3 rings (SSSR count). The summed E-state index contributed by atoms with van der Waals surface area (Å²) in [5.41, 5.74) is 1.64. The van der Waals surface area contributed by atoms with E-state index in [0.29, 0.717) is 5.92 Å². The standard InChI is InChI=1S/C17H22N4O2/c1-2-18-11-13-7-9-20(10-8-13)17-14-5-3-4-6-15(14)19-12-16(17)21(22)23/h3-6,12-13,18H,2,7-11H2,1H3. The molecule has 2 aromatic rings. The van der Waals surface area contributed by atoms with E-state index in [1.165, 1.54) is 6.20 Å². The van der Waals surface area contributed by atoms with Crippen LogP contribution in [-0.4, -0.2) is 36.1 Å². The van der Waals surface area contributed by atoms with Crippen LogP contribution in [0.1, 0.15) is 19.8 Å². The van der Waals surface area contributed by atoms with Crippen molar-refractivity contribution in [1.82, 2.24) is 10.3 Å². The van der Waals surface area contributed by atoms with Crippen molar-refractivity contribution in [3.8, 4) is 0 Å². The molecule has 23 heavy (non-hydrogen) atoms. The van der Waals surface area contributed by atoms with Crippen molar-refractivity contribution in [2.45, 2.75) is 19.8 Å². The fourth-order valence-electron chi connectivity index (χ4n) is 3.29. The van der Waals surface area contributed by atoms with Crippen molar-refractivity contribution in [2.24, 2.45) is 5.92 Å². The Kier molecular flexibility index (Phi) is 4.71. The summed E-state index contributed by atoms with van der Waals surface area (Å²) in [6, 6.07) is 7.65. The summed E-state index contributed by atoms with van der Waals surface area (Å²) in [7, 11) is 0. The molecule has 1 fully saturated rings. The highest BCUT2D eigenvalue weighted by atomic mass is 16.6. The van der Waals surface area contributed by atoms with Crippen molar-refractivity contribution < 1.29 is 4.92 Å². The molecule has 0 unspecified atom stereocenters. The molecule has 1 aromatic heterocycles. The number of rotatable bonds is 5. The van der Waals surface area contributed by atoms with Gasteiger partial charge in [0.25, 0.3) is 0 Å². The molecular weight excluding hydrogens is 292 g/mol. The Morgan fingerprint density at radius 2 is 2.09 bits per heavy atom. The lowest BCUT2D eigenvalue weighted by molar-refractivity contribution is -0.384. The molecule has 0 saturated carbocycles. The fraction of sp³-hybridized carbons (Fsp3) is 0.471. The molecule has 1 aliphatic heterocycles. The minimum atomic E-state index is -0.320. The summed E-state index contributed by atoms with van der Waals surface area (Å²) in [4.78, 5) is 17.5. The van der Waals surface area contributed by atoms with E-state index in [4.69, 9.17) is 0 Å². The first-order valence-corrected chi connectivity index (χ1v) is 8.18. The van der Waals surface area contributed by atoms with E-state index < -0.39 is 0 Å². The Labute approximate surface area is 135 Å². The number of pyridine rings is 1. The SMILES string of the molecule is CCNCC1CCN(c2c([N+](=O)[O-])cnc3ccccc23)CC1. The Morgan fingerprint density at radius 1 is 1.35 bits per heavy atom. The van der Waals surface area contributed by atoms with Crippen LogP contribution in [-0.2, 0) is 0 Å². The topological polar surface area (TPSA) is 71.3 Å². The lowest BCUT2D eigenvalue weighted by atomic mass is 9.96. The van der Waals surface area contributed by atoms with Gasteiger partial charge in [-0.1, -0.05) is 25.1 Å². The molecule has 0 amide bonds. The Balaban J connectivity index is 1.90. The van der Waals surface area contributed by atoms with Gasteiger partial charge in [-0.15, -0.1) is 0 Å². The Morgan fingerprint density at radius 3 is 2.78 bits per heavy atom. The van der Waals surface area contributed by atoms with E-state index in [1.54, 1.807) is 0 Å². The van der Waals surface area contributed by atoms with Crippen molar-refractivity contribution in [1.29, 1.82) is 0 Å².